The predicted molar refractivity (Wildman–Crippen MR) is 86.7 cm³/mol. The summed E-state index contributed by atoms with van der Waals surface area (Å²) < 4.78 is 5.77. The van der Waals surface area contributed by atoms with Crippen molar-refractivity contribution in [2.75, 3.05) is 6.61 Å². The van der Waals surface area contributed by atoms with Crippen molar-refractivity contribution in [1.82, 2.24) is 0 Å². The summed E-state index contributed by atoms with van der Waals surface area (Å²) in [7, 11) is 0. The van der Waals surface area contributed by atoms with E-state index in [4.69, 9.17) is 4.74 Å². The Kier molecular flexibility index (Phi) is 5.77. The lowest BCUT2D eigenvalue weighted by Crippen LogP contribution is -2.04. The quantitative estimate of drug-likeness (QED) is 0.540. The second-order valence-electron chi connectivity index (χ2n) is 4.78. The Morgan fingerprint density at radius 3 is 2.52 bits per heavy atom. The summed E-state index contributed by atoms with van der Waals surface area (Å²) >= 11 is 0. The van der Waals surface area contributed by atoms with Crippen molar-refractivity contribution in [2.24, 2.45) is 0 Å². The normalized spacial score (nSPS) is 10.7. The van der Waals surface area contributed by atoms with Crippen LogP contribution in [-0.4, -0.2) is 12.4 Å². The fraction of sp³-hybridized carbons (Fsp3) is 0.211. The number of benzene rings is 2. The molecule has 0 atom stereocenters. The molecule has 0 heterocycles. The number of carbonyl (C=O) groups is 1. The molecular weight excluding hydrogens is 260 g/mol. The number of para-hydroxylation sites is 1. The van der Waals surface area contributed by atoms with Gasteiger partial charge in [0.15, 0.2) is 5.78 Å². The number of carbonyl (C=O) groups excluding carboxylic acids is 1. The van der Waals surface area contributed by atoms with E-state index < -0.39 is 0 Å². The lowest BCUT2D eigenvalue weighted by Gasteiger charge is -2.08. The Bertz CT molecular complexity index is 600. The molecule has 0 spiro atoms. The Hall–Kier alpha value is -2.35. The highest BCUT2D eigenvalue weighted by molar-refractivity contribution is 5.95. The topological polar surface area (TPSA) is 26.3 Å². The van der Waals surface area contributed by atoms with Crippen LogP contribution in [0, 0.1) is 0 Å². The zero-order valence-corrected chi connectivity index (χ0v) is 12.3. The van der Waals surface area contributed by atoms with Crippen molar-refractivity contribution in [3.05, 3.63) is 71.8 Å². The molecule has 0 saturated heterocycles. The molecule has 0 unspecified atom stereocenters. The fourth-order valence-electron chi connectivity index (χ4n) is 2.11. The van der Waals surface area contributed by atoms with E-state index in [1.165, 1.54) is 0 Å². The Labute approximate surface area is 126 Å². The van der Waals surface area contributed by atoms with Crippen molar-refractivity contribution in [2.45, 2.75) is 19.8 Å². The average Bonchev–Trinajstić information content (AvgIpc) is 2.54. The first-order valence-electron chi connectivity index (χ1n) is 7.24. The maximum absolute atomic E-state index is 12.0. The maximum Gasteiger partial charge on any atom is 0.163 e. The van der Waals surface area contributed by atoms with E-state index in [-0.39, 0.29) is 5.78 Å². The summed E-state index contributed by atoms with van der Waals surface area (Å²) in [4.78, 5) is 12.0. The summed E-state index contributed by atoms with van der Waals surface area (Å²) in [6, 6.07) is 17.3. The smallest absolute Gasteiger partial charge is 0.163 e. The molecule has 0 aliphatic heterocycles. The molecule has 21 heavy (non-hydrogen) atoms. The van der Waals surface area contributed by atoms with E-state index >= 15 is 0 Å². The SMILES string of the molecule is CC=Cc1ccccc1OCCCC(=O)c1ccccc1. The van der Waals surface area contributed by atoms with E-state index in [2.05, 4.69) is 0 Å². The average molecular weight is 280 g/mol. The number of rotatable bonds is 7. The third-order valence-electron chi connectivity index (χ3n) is 3.17. The molecule has 0 aromatic heterocycles. The standard InChI is InChI=1S/C19H20O2/c1-2-9-17-12-6-7-14-19(17)21-15-8-13-18(20)16-10-4-3-5-11-16/h2-7,9-12,14H,8,13,15H2,1H3. The third kappa shape index (κ3) is 4.60. The van der Waals surface area contributed by atoms with E-state index in [0.29, 0.717) is 13.0 Å². The van der Waals surface area contributed by atoms with Crippen LogP contribution in [0.15, 0.2) is 60.7 Å². The summed E-state index contributed by atoms with van der Waals surface area (Å²) in [5.41, 5.74) is 1.83. The second kappa shape index (κ2) is 8.05. The van der Waals surface area contributed by atoms with E-state index in [9.17, 15) is 4.79 Å². The number of hydrogen-bond donors (Lipinski definition) is 0. The molecular formula is C19H20O2. The molecule has 0 amide bonds. The van der Waals surface area contributed by atoms with Crippen molar-refractivity contribution in [1.29, 1.82) is 0 Å². The van der Waals surface area contributed by atoms with Gasteiger partial charge in [-0.1, -0.05) is 60.7 Å². The van der Waals surface area contributed by atoms with Crippen LogP contribution in [0.2, 0.25) is 0 Å². The zero-order chi connectivity index (χ0) is 14.9. The van der Waals surface area contributed by atoms with Crippen LogP contribution >= 0.6 is 0 Å². The fourth-order valence-corrected chi connectivity index (χ4v) is 2.11. The van der Waals surface area contributed by atoms with Gasteiger partial charge in [-0.3, -0.25) is 4.79 Å². The zero-order valence-electron chi connectivity index (χ0n) is 12.3. The van der Waals surface area contributed by atoms with Crippen molar-refractivity contribution < 1.29 is 9.53 Å². The molecule has 2 aromatic carbocycles. The van der Waals surface area contributed by atoms with Crippen LogP contribution in [0.25, 0.3) is 6.08 Å². The molecule has 0 radical (unpaired) electrons. The summed E-state index contributed by atoms with van der Waals surface area (Å²) in [5.74, 6) is 1.03. The second-order valence-corrected chi connectivity index (χ2v) is 4.78. The summed E-state index contributed by atoms with van der Waals surface area (Å²) in [6.07, 6.45) is 5.24. The molecule has 0 aliphatic rings. The van der Waals surface area contributed by atoms with Gasteiger partial charge in [-0.2, -0.15) is 0 Å². The van der Waals surface area contributed by atoms with Gasteiger partial charge in [0.05, 0.1) is 6.61 Å². The van der Waals surface area contributed by atoms with Gasteiger partial charge in [-0.05, 0) is 19.4 Å². The largest absolute Gasteiger partial charge is 0.493 e. The van der Waals surface area contributed by atoms with Gasteiger partial charge in [0.1, 0.15) is 5.75 Å². The summed E-state index contributed by atoms with van der Waals surface area (Å²) in [5, 5.41) is 0. The predicted octanol–water partition coefficient (Wildman–Crippen LogP) is 4.76. The van der Waals surface area contributed by atoms with Gasteiger partial charge in [0.25, 0.3) is 0 Å². The first-order valence-corrected chi connectivity index (χ1v) is 7.24. The minimum atomic E-state index is 0.168. The number of Topliss-reactive ketones (excluding diaryl/α,β-unsaturated/α-hetero) is 1. The summed E-state index contributed by atoms with van der Waals surface area (Å²) in [6.45, 7) is 2.53. The van der Waals surface area contributed by atoms with Crippen LogP contribution in [0.3, 0.4) is 0 Å². The lowest BCUT2D eigenvalue weighted by molar-refractivity contribution is 0.0973. The van der Waals surface area contributed by atoms with Crippen LogP contribution in [0.4, 0.5) is 0 Å². The molecule has 2 aromatic rings. The lowest BCUT2D eigenvalue weighted by atomic mass is 10.1. The first kappa shape index (κ1) is 15.0. The molecule has 108 valence electrons. The molecule has 2 nitrogen and oxygen atoms in total. The van der Waals surface area contributed by atoms with Gasteiger partial charge in [0.2, 0.25) is 0 Å². The number of allylic oxidation sites excluding steroid dienone is 1. The van der Waals surface area contributed by atoms with Crippen LogP contribution in [-0.2, 0) is 0 Å². The van der Waals surface area contributed by atoms with E-state index in [1.54, 1.807) is 0 Å². The maximum atomic E-state index is 12.0. The van der Waals surface area contributed by atoms with Crippen LogP contribution in [0.1, 0.15) is 35.7 Å². The Balaban J connectivity index is 1.81. The van der Waals surface area contributed by atoms with Crippen molar-refractivity contribution in [3.8, 4) is 5.75 Å². The minimum Gasteiger partial charge on any atom is -0.493 e. The number of ketones is 1. The van der Waals surface area contributed by atoms with E-state index in [0.717, 1.165) is 23.3 Å². The van der Waals surface area contributed by atoms with Gasteiger partial charge in [-0.25, -0.2) is 0 Å². The highest BCUT2D eigenvalue weighted by Crippen LogP contribution is 2.19. The molecule has 0 bridgehead atoms. The van der Waals surface area contributed by atoms with Crippen molar-refractivity contribution in [3.63, 3.8) is 0 Å². The monoisotopic (exact) mass is 280 g/mol. The number of ether oxygens (including phenoxy) is 1. The highest BCUT2D eigenvalue weighted by Gasteiger charge is 2.05. The minimum absolute atomic E-state index is 0.168. The molecule has 0 N–H and O–H groups in total. The van der Waals surface area contributed by atoms with Crippen LogP contribution < -0.4 is 4.74 Å². The van der Waals surface area contributed by atoms with E-state index in [1.807, 2.05) is 73.7 Å². The third-order valence-corrected chi connectivity index (χ3v) is 3.17. The molecule has 2 rings (SSSR count). The first-order chi connectivity index (χ1) is 10.3. The molecule has 2 heteroatoms. The van der Waals surface area contributed by atoms with Gasteiger partial charge < -0.3 is 4.74 Å². The van der Waals surface area contributed by atoms with Gasteiger partial charge in [-0.15, -0.1) is 0 Å². The molecule has 0 fully saturated rings. The Morgan fingerprint density at radius 1 is 1.05 bits per heavy atom. The highest BCUT2D eigenvalue weighted by atomic mass is 16.5. The molecule has 0 aliphatic carbocycles. The number of hydrogen-bond acceptors (Lipinski definition) is 2. The van der Waals surface area contributed by atoms with Gasteiger partial charge in [0, 0.05) is 17.5 Å². The van der Waals surface area contributed by atoms with Crippen molar-refractivity contribution >= 4 is 11.9 Å². The van der Waals surface area contributed by atoms with Crippen LogP contribution in [0.5, 0.6) is 5.75 Å². The Morgan fingerprint density at radius 2 is 1.76 bits per heavy atom. The molecule has 0 saturated carbocycles. The van der Waals surface area contributed by atoms with Gasteiger partial charge >= 0.3 is 0 Å².